The molecule has 0 fully saturated rings. The van der Waals surface area contributed by atoms with Gasteiger partial charge in [0.15, 0.2) is 0 Å². The topological polar surface area (TPSA) is 52.3 Å². The van der Waals surface area contributed by atoms with Gasteiger partial charge in [0.2, 0.25) is 0 Å². The lowest BCUT2D eigenvalue weighted by atomic mass is 9.91. The van der Waals surface area contributed by atoms with Crippen LogP contribution in [0.3, 0.4) is 0 Å². The fourth-order valence-electron chi connectivity index (χ4n) is 3.74. The number of hydrogen-bond donors (Lipinski definition) is 0. The second-order valence-corrected chi connectivity index (χ2v) is 8.02. The molecule has 0 radical (unpaired) electrons. The van der Waals surface area contributed by atoms with E-state index in [2.05, 4.69) is 5.16 Å². The summed E-state index contributed by atoms with van der Waals surface area (Å²) in [5.74, 6) is 0.525. The van der Waals surface area contributed by atoms with E-state index in [1.54, 1.807) is 13.0 Å². The number of rotatable bonds is 8. The molecule has 0 unspecified atom stereocenters. The predicted octanol–water partition coefficient (Wildman–Crippen LogP) is 7.05. The van der Waals surface area contributed by atoms with Crippen molar-refractivity contribution >= 4 is 5.78 Å². The Balaban J connectivity index is 1.43. The second-order valence-electron chi connectivity index (χ2n) is 8.02. The summed E-state index contributed by atoms with van der Waals surface area (Å²) in [5, 5.41) is 3.98. The van der Waals surface area contributed by atoms with Crippen molar-refractivity contribution in [2.45, 2.75) is 32.0 Å². The molecule has 34 heavy (non-hydrogen) atoms. The summed E-state index contributed by atoms with van der Waals surface area (Å²) in [6.07, 6.45) is -2.55. The first kappa shape index (κ1) is 23.3. The van der Waals surface area contributed by atoms with E-state index in [1.165, 1.54) is 18.4 Å². The zero-order valence-electron chi connectivity index (χ0n) is 18.4. The van der Waals surface area contributed by atoms with Crippen LogP contribution >= 0.6 is 0 Å². The van der Waals surface area contributed by atoms with Gasteiger partial charge in [0.1, 0.15) is 24.4 Å². The average Bonchev–Trinajstić information content (AvgIpc) is 3.36. The number of aromatic nitrogens is 1. The highest BCUT2D eigenvalue weighted by molar-refractivity contribution is 5.77. The lowest BCUT2D eigenvalue weighted by molar-refractivity contribution is -0.137. The van der Waals surface area contributed by atoms with E-state index in [-0.39, 0.29) is 11.7 Å². The summed E-state index contributed by atoms with van der Waals surface area (Å²) in [4.78, 5) is 11.7. The normalized spacial score (nSPS) is 12.4. The van der Waals surface area contributed by atoms with Crippen LogP contribution in [0.25, 0.3) is 11.1 Å². The fraction of sp³-hybridized carbons (Fsp3) is 0.185. The average molecular weight is 465 g/mol. The van der Waals surface area contributed by atoms with Gasteiger partial charge in [-0.2, -0.15) is 13.2 Å². The molecule has 0 amide bonds. The smallest absolute Gasteiger partial charge is 0.416 e. The van der Waals surface area contributed by atoms with Crippen LogP contribution in [0.5, 0.6) is 5.75 Å². The zero-order chi connectivity index (χ0) is 24.1. The van der Waals surface area contributed by atoms with E-state index in [4.69, 9.17) is 9.26 Å². The molecule has 1 aromatic heterocycles. The van der Waals surface area contributed by atoms with Gasteiger partial charge in [0, 0.05) is 18.4 Å². The van der Waals surface area contributed by atoms with E-state index >= 15 is 0 Å². The Hall–Kier alpha value is -3.87. The Morgan fingerprint density at radius 1 is 0.971 bits per heavy atom. The van der Waals surface area contributed by atoms with Crippen LogP contribution in [-0.2, 0) is 17.6 Å². The van der Waals surface area contributed by atoms with Gasteiger partial charge >= 0.3 is 6.18 Å². The molecule has 174 valence electrons. The van der Waals surface area contributed by atoms with Gasteiger partial charge in [-0.25, -0.2) is 0 Å². The first-order valence-electron chi connectivity index (χ1n) is 10.7. The summed E-state index contributed by atoms with van der Waals surface area (Å²) in [6, 6.07) is 21.8. The van der Waals surface area contributed by atoms with E-state index in [0.29, 0.717) is 30.0 Å². The van der Waals surface area contributed by atoms with E-state index < -0.39 is 11.7 Å². The predicted molar refractivity (Wildman–Crippen MR) is 121 cm³/mol. The highest BCUT2D eigenvalue weighted by Crippen LogP contribution is 2.32. The molecule has 0 saturated heterocycles. The van der Waals surface area contributed by atoms with Crippen molar-refractivity contribution in [3.63, 3.8) is 0 Å². The van der Waals surface area contributed by atoms with E-state index in [9.17, 15) is 18.0 Å². The lowest BCUT2D eigenvalue weighted by Gasteiger charge is -2.14. The third kappa shape index (κ3) is 5.73. The first-order valence-corrected chi connectivity index (χ1v) is 10.7. The van der Waals surface area contributed by atoms with Crippen LogP contribution in [0.2, 0.25) is 0 Å². The van der Waals surface area contributed by atoms with Crippen LogP contribution < -0.4 is 4.74 Å². The maximum atomic E-state index is 12.8. The molecule has 0 aliphatic rings. The summed E-state index contributed by atoms with van der Waals surface area (Å²) in [6.45, 7) is 1.84. The van der Waals surface area contributed by atoms with Crippen LogP contribution in [0.15, 0.2) is 89.6 Å². The Kier molecular flexibility index (Phi) is 6.82. The Morgan fingerprint density at radius 2 is 1.71 bits per heavy atom. The van der Waals surface area contributed by atoms with E-state index in [0.717, 1.165) is 28.8 Å². The van der Waals surface area contributed by atoms with Crippen molar-refractivity contribution in [1.29, 1.82) is 0 Å². The number of alkyl halides is 3. The van der Waals surface area contributed by atoms with Gasteiger partial charge in [-0.15, -0.1) is 0 Å². The summed E-state index contributed by atoms with van der Waals surface area (Å²) < 4.78 is 49.3. The number of carbonyl (C=O) groups excluding carboxylic acids is 1. The van der Waals surface area contributed by atoms with Crippen LogP contribution in [0, 0.1) is 0 Å². The van der Waals surface area contributed by atoms with Crippen molar-refractivity contribution in [2.75, 3.05) is 0 Å². The Morgan fingerprint density at radius 3 is 2.32 bits per heavy atom. The van der Waals surface area contributed by atoms with Crippen molar-refractivity contribution in [3.05, 3.63) is 108 Å². The van der Waals surface area contributed by atoms with Crippen LogP contribution in [0.4, 0.5) is 13.2 Å². The van der Waals surface area contributed by atoms with Gasteiger partial charge in [-0.1, -0.05) is 47.6 Å². The molecule has 7 heteroatoms. The summed E-state index contributed by atoms with van der Waals surface area (Å²) >= 11 is 0. The van der Waals surface area contributed by atoms with Crippen molar-refractivity contribution in [2.24, 2.45) is 0 Å². The van der Waals surface area contributed by atoms with Gasteiger partial charge in [0.25, 0.3) is 0 Å². The molecule has 0 aliphatic heterocycles. The number of ketones is 1. The maximum absolute atomic E-state index is 12.8. The molecule has 0 N–H and O–H groups in total. The lowest BCUT2D eigenvalue weighted by Crippen LogP contribution is -2.06. The number of hydrogen-bond acceptors (Lipinski definition) is 4. The highest BCUT2D eigenvalue weighted by Gasteiger charge is 2.30. The molecule has 4 nitrogen and oxygen atoms in total. The molecule has 1 heterocycles. The minimum atomic E-state index is -4.36. The third-order valence-electron chi connectivity index (χ3n) is 5.47. The van der Waals surface area contributed by atoms with Crippen LogP contribution in [0.1, 0.15) is 41.6 Å². The molecule has 4 rings (SSSR count). The monoisotopic (exact) mass is 465 g/mol. The number of halogens is 3. The fourth-order valence-corrected chi connectivity index (χ4v) is 3.74. The van der Waals surface area contributed by atoms with Gasteiger partial charge < -0.3 is 9.26 Å². The minimum Gasteiger partial charge on any atom is -0.489 e. The first-order chi connectivity index (χ1) is 16.3. The number of nitrogens with zero attached hydrogens (tertiary/aromatic N) is 1. The molecular formula is C27H22F3NO3. The number of Topliss-reactive ketones (excluding diaryl/α,β-unsaturated/α-hetero) is 1. The van der Waals surface area contributed by atoms with Crippen molar-refractivity contribution < 1.29 is 27.2 Å². The molecular weight excluding hydrogens is 443 g/mol. The minimum absolute atomic E-state index is 0.0567. The Labute approximate surface area is 195 Å². The van der Waals surface area contributed by atoms with Gasteiger partial charge in [0.05, 0.1) is 11.3 Å². The zero-order valence-corrected chi connectivity index (χ0v) is 18.4. The summed E-state index contributed by atoms with van der Waals surface area (Å²) in [7, 11) is 0. The molecule has 1 atom stereocenters. The van der Waals surface area contributed by atoms with E-state index in [1.807, 2.05) is 48.5 Å². The van der Waals surface area contributed by atoms with Crippen molar-refractivity contribution in [3.8, 4) is 16.9 Å². The number of ether oxygens (including phenoxy) is 1. The molecule has 3 aromatic carbocycles. The number of carbonyl (C=O) groups is 1. The van der Waals surface area contributed by atoms with Crippen LogP contribution in [-0.4, -0.2) is 10.9 Å². The second kappa shape index (κ2) is 9.95. The number of benzene rings is 3. The molecule has 0 saturated carbocycles. The Bertz CT molecular complexity index is 1230. The SMILES string of the molecule is CC(=O)C[C@H](c1ccc(OCc2cccc(-c3ccc(C(F)(F)F)cc3)c2)cc1)c1ccon1. The largest absolute Gasteiger partial charge is 0.489 e. The molecule has 0 spiro atoms. The third-order valence-corrected chi connectivity index (χ3v) is 5.47. The highest BCUT2D eigenvalue weighted by atomic mass is 19.4. The summed E-state index contributed by atoms with van der Waals surface area (Å²) in [5.41, 5.74) is 3.35. The standard InChI is InChI=1S/C27H22F3NO3/c1-18(32)15-25(26-13-14-34-31-26)21-7-11-24(12-8-21)33-17-19-3-2-4-22(16-19)20-5-9-23(10-6-20)27(28,29)30/h2-14,16,25H,15,17H2,1H3/t25-/m1/s1. The molecule has 4 aromatic rings. The maximum Gasteiger partial charge on any atom is 0.416 e. The van der Waals surface area contributed by atoms with Gasteiger partial charge in [-0.3, -0.25) is 4.79 Å². The van der Waals surface area contributed by atoms with Gasteiger partial charge in [-0.05, 0) is 59.5 Å². The molecule has 0 bridgehead atoms. The van der Waals surface area contributed by atoms with Crippen molar-refractivity contribution in [1.82, 2.24) is 5.16 Å². The quantitative estimate of drug-likeness (QED) is 0.280. The molecule has 0 aliphatic carbocycles.